The van der Waals surface area contributed by atoms with Gasteiger partial charge in [-0.05, 0) is 31.4 Å². The predicted octanol–water partition coefficient (Wildman–Crippen LogP) is 2.56. The van der Waals surface area contributed by atoms with Crippen LogP contribution >= 0.6 is 0 Å². The van der Waals surface area contributed by atoms with E-state index in [1.54, 1.807) is 0 Å². The Labute approximate surface area is 112 Å². The van der Waals surface area contributed by atoms with E-state index in [9.17, 15) is 0 Å². The summed E-state index contributed by atoms with van der Waals surface area (Å²) in [4.78, 5) is 4.59. The van der Waals surface area contributed by atoms with Gasteiger partial charge in [0.25, 0.3) is 0 Å². The maximum absolute atomic E-state index is 4.84. The Kier molecular flexibility index (Phi) is 2.37. The lowest BCUT2D eigenvalue weighted by Crippen LogP contribution is -2.36. The number of nitrogens with zero attached hydrogens (tertiary/aromatic N) is 3. The van der Waals surface area contributed by atoms with Crippen molar-refractivity contribution in [2.75, 3.05) is 11.9 Å². The van der Waals surface area contributed by atoms with Gasteiger partial charge in [0.2, 0.25) is 0 Å². The van der Waals surface area contributed by atoms with Crippen LogP contribution in [0.3, 0.4) is 0 Å². The first kappa shape index (κ1) is 11.0. The number of nitrogens with one attached hydrogen (secondary N) is 1. The van der Waals surface area contributed by atoms with Gasteiger partial charge in [0.1, 0.15) is 5.82 Å². The predicted molar refractivity (Wildman–Crippen MR) is 74.2 cm³/mol. The molecule has 3 heterocycles. The van der Waals surface area contributed by atoms with Crippen LogP contribution in [0, 0.1) is 0 Å². The van der Waals surface area contributed by atoms with Crippen LogP contribution in [0.25, 0.3) is 0 Å². The van der Waals surface area contributed by atoms with Crippen LogP contribution in [-0.4, -0.2) is 21.3 Å². The minimum atomic E-state index is 0.0628. The molecule has 1 saturated carbocycles. The summed E-state index contributed by atoms with van der Waals surface area (Å²) < 4.78 is 2.11. The Morgan fingerprint density at radius 2 is 2.11 bits per heavy atom. The van der Waals surface area contributed by atoms with Crippen LogP contribution in [0.2, 0.25) is 0 Å². The molecular formula is C15H18N4. The molecule has 1 fully saturated rings. The highest BCUT2D eigenvalue weighted by Crippen LogP contribution is 2.48. The van der Waals surface area contributed by atoms with Crippen LogP contribution < -0.4 is 5.32 Å². The summed E-state index contributed by atoms with van der Waals surface area (Å²) in [7, 11) is 0. The second-order valence-corrected chi connectivity index (χ2v) is 5.57. The van der Waals surface area contributed by atoms with Gasteiger partial charge in [-0.15, -0.1) is 0 Å². The largest absolute Gasteiger partial charge is 0.370 e. The summed E-state index contributed by atoms with van der Waals surface area (Å²) >= 11 is 0. The van der Waals surface area contributed by atoms with E-state index < -0.39 is 0 Å². The van der Waals surface area contributed by atoms with Crippen LogP contribution in [0.1, 0.15) is 37.1 Å². The molecule has 0 unspecified atom stereocenters. The third kappa shape index (κ3) is 1.59. The van der Waals surface area contributed by atoms with Crippen molar-refractivity contribution in [3.8, 4) is 0 Å². The Balaban J connectivity index is 1.79. The lowest BCUT2D eigenvalue weighted by Gasteiger charge is -2.39. The molecule has 4 rings (SSSR count). The summed E-state index contributed by atoms with van der Waals surface area (Å²) in [6.07, 6.45) is 6.65. The molecule has 2 aromatic heterocycles. The Hall–Kier alpha value is -1.84. The second kappa shape index (κ2) is 4.08. The number of hydrogen-bond acceptors (Lipinski definition) is 3. The van der Waals surface area contributed by atoms with Crippen molar-refractivity contribution in [2.24, 2.45) is 0 Å². The molecule has 1 aliphatic carbocycles. The third-order valence-electron chi connectivity index (χ3n) is 4.49. The van der Waals surface area contributed by atoms with Crippen LogP contribution in [-0.2, 0) is 12.0 Å². The summed E-state index contributed by atoms with van der Waals surface area (Å²) in [5.41, 5.74) is 2.44. The highest BCUT2D eigenvalue weighted by atomic mass is 15.3. The van der Waals surface area contributed by atoms with Crippen molar-refractivity contribution in [1.82, 2.24) is 14.8 Å². The van der Waals surface area contributed by atoms with Gasteiger partial charge in [0, 0.05) is 25.4 Å². The van der Waals surface area contributed by atoms with Gasteiger partial charge in [-0.25, -0.2) is 4.68 Å². The number of aryl methyl sites for hydroxylation is 1. The van der Waals surface area contributed by atoms with E-state index >= 15 is 0 Å². The molecule has 0 aromatic carbocycles. The summed E-state index contributed by atoms with van der Waals surface area (Å²) in [6, 6.07) is 8.43. The summed E-state index contributed by atoms with van der Waals surface area (Å²) in [5.74, 6) is 1.17. The highest BCUT2D eigenvalue weighted by Gasteiger charge is 2.44. The normalized spacial score (nSPS) is 20.2. The molecule has 98 valence electrons. The van der Waals surface area contributed by atoms with Gasteiger partial charge >= 0.3 is 0 Å². The maximum atomic E-state index is 4.84. The lowest BCUT2D eigenvalue weighted by molar-refractivity contribution is 0.283. The zero-order chi connectivity index (χ0) is 12.7. The molecule has 19 heavy (non-hydrogen) atoms. The van der Waals surface area contributed by atoms with Crippen molar-refractivity contribution in [3.63, 3.8) is 0 Å². The number of fused-ring (bicyclic) bond motifs is 1. The number of aromatic nitrogens is 3. The van der Waals surface area contributed by atoms with Crippen molar-refractivity contribution in [3.05, 3.63) is 41.9 Å². The SMILES string of the molecule is c1ccc(C2(c3cc4n(n3)CCCN4)CCC2)nc1. The molecule has 0 atom stereocenters. The minimum absolute atomic E-state index is 0.0628. The van der Waals surface area contributed by atoms with E-state index in [1.165, 1.54) is 36.5 Å². The molecule has 1 aliphatic heterocycles. The molecule has 0 bridgehead atoms. The fourth-order valence-corrected chi connectivity index (χ4v) is 3.23. The summed E-state index contributed by atoms with van der Waals surface area (Å²) in [6.45, 7) is 2.09. The average Bonchev–Trinajstić information content (AvgIpc) is 2.82. The van der Waals surface area contributed by atoms with E-state index in [0.717, 1.165) is 19.5 Å². The van der Waals surface area contributed by atoms with E-state index in [4.69, 9.17) is 5.10 Å². The van der Waals surface area contributed by atoms with Gasteiger partial charge in [0.15, 0.2) is 0 Å². The molecule has 2 aromatic rings. The molecule has 0 spiro atoms. The Morgan fingerprint density at radius 3 is 2.79 bits per heavy atom. The van der Waals surface area contributed by atoms with Gasteiger partial charge < -0.3 is 5.32 Å². The topological polar surface area (TPSA) is 42.7 Å². The molecular weight excluding hydrogens is 236 g/mol. The first-order valence-corrected chi connectivity index (χ1v) is 7.12. The molecule has 4 heteroatoms. The van der Waals surface area contributed by atoms with Crippen LogP contribution in [0.4, 0.5) is 5.82 Å². The fraction of sp³-hybridized carbons (Fsp3) is 0.467. The zero-order valence-corrected chi connectivity index (χ0v) is 11.0. The van der Waals surface area contributed by atoms with Crippen molar-refractivity contribution in [1.29, 1.82) is 0 Å². The summed E-state index contributed by atoms with van der Waals surface area (Å²) in [5, 5.41) is 8.27. The number of rotatable bonds is 2. The molecule has 0 amide bonds. The van der Waals surface area contributed by atoms with E-state index in [-0.39, 0.29) is 5.41 Å². The fourth-order valence-electron chi connectivity index (χ4n) is 3.23. The molecule has 0 radical (unpaired) electrons. The average molecular weight is 254 g/mol. The molecule has 1 N–H and O–H groups in total. The third-order valence-corrected chi connectivity index (χ3v) is 4.49. The monoisotopic (exact) mass is 254 g/mol. The Morgan fingerprint density at radius 1 is 1.16 bits per heavy atom. The minimum Gasteiger partial charge on any atom is -0.370 e. The van der Waals surface area contributed by atoms with Crippen molar-refractivity contribution in [2.45, 2.75) is 37.6 Å². The van der Waals surface area contributed by atoms with Gasteiger partial charge in [0.05, 0.1) is 16.8 Å². The van der Waals surface area contributed by atoms with E-state index in [1.807, 2.05) is 12.3 Å². The zero-order valence-electron chi connectivity index (χ0n) is 11.0. The van der Waals surface area contributed by atoms with E-state index in [2.05, 4.69) is 33.2 Å². The van der Waals surface area contributed by atoms with Gasteiger partial charge in [-0.3, -0.25) is 4.98 Å². The molecule has 2 aliphatic rings. The number of hydrogen-bond donors (Lipinski definition) is 1. The standard InChI is InChI=1S/C15H18N4/c1-2-8-16-12(5-1)15(6-3-7-15)13-11-14-17-9-4-10-19(14)18-13/h1-2,5,8,11,17H,3-4,6-7,9-10H2. The van der Waals surface area contributed by atoms with Crippen LogP contribution in [0.5, 0.6) is 0 Å². The van der Waals surface area contributed by atoms with Crippen molar-refractivity contribution >= 4 is 5.82 Å². The van der Waals surface area contributed by atoms with E-state index in [0.29, 0.717) is 0 Å². The van der Waals surface area contributed by atoms with Crippen LogP contribution in [0.15, 0.2) is 30.5 Å². The molecule has 4 nitrogen and oxygen atoms in total. The smallest absolute Gasteiger partial charge is 0.124 e. The first-order chi connectivity index (χ1) is 9.38. The Bertz CT molecular complexity index is 560. The lowest BCUT2D eigenvalue weighted by atomic mass is 9.64. The highest BCUT2D eigenvalue weighted by molar-refractivity contribution is 5.44. The number of anilines is 1. The first-order valence-electron chi connectivity index (χ1n) is 7.12. The molecule has 0 saturated heterocycles. The maximum Gasteiger partial charge on any atom is 0.124 e. The van der Waals surface area contributed by atoms with Gasteiger partial charge in [-0.1, -0.05) is 12.5 Å². The quantitative estimate of drug-likeness (QED) is 0.895. The second-order valence-electron chi connectivity index (χ2n) is 5.57. The van der Waals surface area contributed by atoms with Gasteiger partial charge in [-0.2, -0.15) is 5.10 Å². The number of pyridine rings is 1. The van der Waals surface area contributed by atoms with Crippen molar-refractivity contribution < 1.29 is 0 Å².